The highest BCUT2D eigenvalue weighted by molar-refractivity contribution is 5.98. The first kappa shape index (κ1) is 21.4. The quantitative estimate of drug-likeness (QED) is 0.834. The summed E-state index contributed by atoms with van der Waals surface area (Å²) in [6, 6.07) is 4.20. The van der Waals surface area contributed by atoms with Crippen LogP contribution in [0.25, 0.3) is 0 Å². The van der Waals surface area contributed by atoms with Crippen molar-refractivity contribution in [2.45, 2.75) is 65.7 Å². The molecule has 1 N–H and O–H groups in total. The first-order chi connectivity index (χ1) is 13.7. The van der Waals surface area contributed by atoms with Gasteiger partial charge >= 0.3 is 6.09 Å². The van der Waals surface area contributed by atoms with Gasteiger partial charge in [0, 0.05) is 32.7 Å². The van der Waals surface area contributed by atoms with Gasteiger partial charge in [0.25, 0.3) is 5.91 Å². The molecule has 2 heterocycles. The van der Waals surface area contributed by atoms with Gasteiger partial charge in [-0.25, -0.2) is 4.79 Å². The maximum absolute atomic E-state index is 12.2. The van der Waals surface area contributed by atoms with Crippen LogP contribution in [0.2, 0.25) is 0 Å². The largest absolute Gasteiger partial charge is 0.478 e. The zero-order valence-electron chi connectivity index (χ0n) is 18.2. The van der Waals surface area contributed by atoms with Crippen molar-refractivity contribution < 1.29 is 19.1 Å². The summed E-state index contributed by atoms with van der Waals surface area (Å²) >= 11 is 0. The van der Waals surface area contributed by atoms with Gasteiger partial charge in [-0.1, -0.05) is 19.4 Å². The van der Waals surface area contributed by atoms with Gasteiger partial charge in [-0.15, -0.1) is 0 Å². The average molecular weight is 404 g/mol. The van der Waals surface area contributed by atoms with E-state index in [0.717, 1.165) is 55.0 Å². The summed E-state index contributed by atoms with van der Waals surface area (Å²) in [5.74, 6) is 0.695. The second-order valence-corrected chi connectivity index (χ2v) is 8.87. The molecule has 2 amide bonds. The van der Waals surface area contributed by atoms with Gasteiger partial charge in [0.2, 0.25) is 0 Å². The fourth-order valence-corrected chi connectivity index (χ4v) is 3.67. The molecule has 1 fully saturated rings. The molecule has 160 valence electrons. The molecule has 0 saturated carbocycles. The Morgan fingerprint density at radius 2 is 1.93 bits per heavy atom. The van der Waals surface area contributed by atoms with E-state index in [2.05, 4.69) is 23.2 Å². The molecule has 3 rings (SSSR count). The number of rotatable bonds is 4. The molecule has 2 aliphatic heterocycles. The highest BCUT2D eigenvalue weighted by atomic mass is 16.6. The zero-order chi connectivity index (χ0) is 21.2. The van der Waals surface area contributed by atoms with Crippen molar-refractivity contribution in [3.8, 4) is 5.75 Å². The molecule has 1 saturated heterocycles. The highest BCUT2D eigenvalue weighted by Gasteiger charge is 2.28. The Labute approximate surface area is 173 Å². The minimum absolute atomic E-state index is 0.108. The number of fused-ring (bicyclic) bond motifs is 1. The Morgan fingerprint density at radius 3 is 2.55 bits per heavy atom. The molecular formula is C22H33N3O4. The van der Waals surface area contributed by atoms with E-state index in [1.54, 1.807) is 11.8 Å². The number of piperazine rings is 1. The summed E-state index contributed by atoms with van der Waals surface area (Å²) in [5.41, 5.74) is 2.58. The third-order valence-electron chi connectivity index (χ3n) is 5.10. The lowest BCUT2D eigenvalue weighted by atomic mass is 10.0. The molecule has 1 aromatic rings. The van der Waals surface area contributed by atoms with Crippen molar-refractivity contribution in [2.75, 3.05) is 31.5 Å². The van der Waals surface area contributed by atoms with Crippen LogP contribution in [-0.2, 0) is 22.5 Å². The molecular weight excluding hydrogens is 370 g/mol. The van der Waals surface area contributed by atoms with Crippen LogP contribution in [-0.4, -0.2) is 59.7 Å². The molecule has 1 aromatic carbocycles. The maximum Gasteiger partial charge on any atom is 0.410 e. The molecule has 0 spiro atoms. The minimum atomic E-state index is -0.475. The van der Waals surface area contributed by atoms with E-state index in [1.807, 2.05) is 26.8 Å². The first-order valence-corrected chi connectivity index (χ1v) is 10.5. The third-order valence-corrected chi connectivity index (χ3v) is 5.10. The summed E-state index contributed by atoms with van der Waals surface area (Å²) in [6.45, 7) is 13.2. The lowest BCUT2D eigenvalue weighted by Crippen LogP contribution is -2.49. The van der Waals surface area contributed by atoms with Crippen LogP contribution < -0.4 is 10.1 Å². The lowest BCUT2D eigenvalue weighted by molar-refractivity contribution is -0.122. The van der Waals surface area contributed by atoms with E-state index < -0.39 is 11.7 Å². The van der Waals surface area contributed by atoms with Crippen LogP contribution >= 0.6 is 0 Å². The monoisotopic (exact) mass is 403 g/mol. The van der Waals surface area contributed by atoms with Crippen LogP contribution in [0.4, 0.5) is 10.5 Å². The van der Waals surface area contributed by atoms with Gasteiger partial charge in [-0.05, 0) is 51.3 Å². The van der Waals surface area contributed by atoms with Crippen molar-refractivity contribution in [1.82, 2.24) is 9.80 Å². The second kappa shape index (κ2) is 8.61. The number of nitrogens with zero attached hydrogens (tertiary/aromatic N) is 2. The van der Waals surface area contributed by atoms with Crippen molar-refractivity contribution >= 4 is 17.7 Å². The summed E-state index contributed by atoms with van der Waals surface area (Å²) in [4.78, 5) is 28.4. The number of carbonyl (C=O) groups excluding carboxylic acids is 2. The fraction of sp³-hybridized carbons (Fsp3) is 0.636. The number of benzene rings is 1. The number of hydrogen-bond donors (Lipinski definition) is 1. The Balaban J connectivity index is 1.65. The van der Waals surface area contributed by atoms with Crippen LogP contribution in [0.5, 0.6) is 5.75 Å². The van der Waals surface area contributed by atoms with Gasteiger partial charge in [0.15, 0.2) is 6.10 Å². The van der Waals surface area contributed by atoms with Crippen molar-refractivity contribution in [1.29, 1.82) is 0 Å². The van der Waals surface area contributed by atoms with Gasteiger partial charge in [-0.3, -0.25) is 9.69 Å². The molecule has 0 aromatic heterocycles. The Hall–Kier alpha value is -2.28. The minimum Gasteiger partial charge on any atom is -0.478 e. The average Bonchev–Trinajstić information content (AvgIpc) is 2.63. The van der Waals surface area contributed by atoms with Crippen molar-refractivity contribution in [3.63, 3.8) is 0 Å². The standard InChI is InChI=1S/C22H33N3O4/c1-6-7-17-12-16(13-18-19(17)28-15(2)20(26)23-18)14-24-8-10-25(11-9-24)21(27)29-22(3,4)5/h12-13,15H,6-11,14H2,1-5H3,(H,23,26). The van der Waals surface area contributed by atoms with Crippen LogP contribution in [0.1, 0.15) is 52.2 Å². The third kappa shape index (κ3) is 5.41. The summed E-state index contributed by atoms with van der Waals surface area (Å²) in [7, 11) is 0. The van der Waals surface area contributed by atoms with Crippen molar-refractivity contribution in [3.05, 3.63) is 23.3 Å². The van der Waals surface area contributed by atoms with Gasteiger partial charge in [0.1, 0.15) is 11.4 Å². The van der Waals surface area contributed by atoms with E-state index in [1.165, 1.54) is 0 Å². The lowest BCUT2D eigenvalue weighted by Gasteiger charge is -2.36. The van der Waals surface area contributed by atoms with Crippen LogP contribution in [0.3, 0.4) is 0 Å². The number of ether oxygens (including phenoxy) is 2. The molecule has 2 aliphatic rings. The second-order valence-electron chi connectivity index (χ2n) is 8.87. The van der Waals surface area contributed by atoms with E-state index in [0.29, 0.717) is 13.1 Å². The van der Waals surface area contributed by atoms with Crippen molar-refractivity contribution in [2.24, 2.45) is 0 Å². The number of anilines is 1. The van der Waals surface area contributed by atoms with E-state index in [9.17, 15) is 9.59 Å². The summed E-state index contributed by atoms with van der Waals surface area (Å²) < 4.78 is 11.3. The summed E-state index contributed by atoms with van der Waals surface area (Å²) in [5, 5.41) is 2.98. The molecule has 0 aliphatic carbocycles. The smallest absolute Gasteiger partial charge is 0.410 e. The van der Waals surface area contributed by atoms with Gasteiger partial charge in [0.05, 0.1) is 5.69 Å². The molecule has 1 unspecified atom stereocenters. The first-order valence-electron chi connectivity index (χ1n) is 10.5. The Kier molecular flexibility index (Phi) is 6.36. The maximum atomic E-state index is 12.2. The van der Waals surface area contributed by atoms with E-state index >= 15 is 0 Å². The Morgan fingerprint density at radius 1 is 1.24 bits per heavy atom. The number of amides is 2. The fourth-order valence-electron chi connectivity index (χ4n) is 3.67. The van der Waals surface area contributed by atoms with Crippen LogP contribution in [0.15, 0.2) is 12.1 Å². The molecule has 0 radical (unpaired) electrons. The number of aryl methyl sites for hydroxylation is 1. The number of nitrogens with one attached hydrogen (secondary N) is 1. The number of hydrogen-bond acceptors (Lipinski definition) is 5. The van der Waals surface area contributed by atoms with Crippen LogP contribution in [0, 0.1) is 0 Å². The predicted molar refractivity (Wildman–Crippen MR) is 112 cm³/mol. The predicted octanol–water partition coefficient (Wildman–Crippen LogP) is 3.41. The van der Waals surface area contributed by atoms with E-state index in [-0.39, 0.29) is 12.0 Å². The van der Waals surface area contributed by atoms with Gasteiger partial charge < -0.3 is 19.7 Å². The summed E-state index contributed by atoms with van der Waals surface area (Å²) in [6.07, 6.45) is 1.21. The molecule has 7 heteroatoms. The SMILES string of the molecule is CCCc1cc(CN2CCN(C(=O)OC(C)(C)C)CC2)cc2c1OC(C)C(=O)N2. The molecule has 29 heavy (non-hydrogen) atoms. The Bertz CT molecular complexity index is 764. The molecule has 7 nitrogen and oxygen atoms in total. The van der Waals surface area contributed by atoms with E-state index in [4.69, 9.17) is 9.47 Å². The van der Waals surface area contributed by atoms with Gasteiger partial charge in [-0.2, -0.15) is 0 Å². The topological polar surface area (TPSA) is 71.1 Å². The zero-order valence-corrected chi connectivity index (χ0v) is 18.2. The highest BCUT2D eigenvalue weighted by Crippen LogP contribution is 2.36. The molecule has 1 atom stereocenters. The number of carbonyl (C=O) groups is 2. The normalized spacial score (nSPS) is 20.0. The molecule has 0 bridgehead atoms.